The lowest BCUT2D eigenvalue weighted by atomic mass is 9.84. The lowest BCUT2D eigenvalue weighted by molar-refractivity contribution is -0.149. The summed E-state index contributed by atoms with van der Waals surface area (Å²) in [6, 6.07) is 0. The fraction of sp³-hybridized carbons (Fsp3) is 0.667. The summed E-state index contributed by atoms with van der Waals surface area (Å²) in [6.07, 6.45) is 1.73. The molecule has 1 saturated heterocycles. The minimum absolute atomic E-state index is 0.249. The van der Waals surface area contributed by atoms with Gasteiger partial charge in [0.25, 0.3) is 0 Å². The molecule has 0 aromatic carbocycles. The molecule has 5 nitrogen and oxygen atoms in total. The van der Waals surface area contributed by atoms with Gasteiger partial charge in [-0.25, -0.2) is 9.59 Å². The van der Waals surface area contributed by atoms with E-state index in [2.05, 4.69) is 0 Å². The Kier molecular flexibility index (Phi) is 4.28. The van der Waals surface area contributed by atoms with Crippen LogP contribution in [0, 0.1) is 5.41 Å². The first-order valence-electron chi connectivity index (χ1n) is 5.61. The SMILES string of the molecule is CCOC(=O)/C=C/C(C)(C)C1C[C@H](O)C(=O)O1. The number of hydrogen-bond acceptors (Lipinski definition) is 5. The van der Waals surface area contributed by atoms with Crippen molar-refractivity contribution in [2.45, 2.75) is 39.4 Å². The molecule has 1 N–H and O–H groups in total. The largest absolute Gasteiger partial charge is 0.463 e. The van der Waals surface area contributed by atoms with Crippen molar-refractivity contribution in [1.29, 1.82) is 0 Å². The van der Waals surface area contributed by atoms with Crippen LogP contribution in [0.3, 0.4) is 0 Å². The van der Waals surface area contributed by atoms with Gasteiger partial charge in [0.1, 0.15) is 6.10 Å². The summed E-state index contributed by atoms with van der Waals surface area (Å²) in [4.78, 5) is 22.3. The van der Waals surface area contributed by atoms with Gasteiger partial charge < -0.3 is 14.6 Å². The van der Waals surface area contributed by atoms with Gasteiger partial charge >= 0.3 is 11.9 Å². The van der Waals surface area contributed by atoms with Crippen LogP contribution >= 0.6 is 0 Å². The van der Waals surface area contributed by atoms with Crippen molar-refractivity contribution in [3.8, 4) is 0 Å². The van der Waals surface area contributed by atoms with E-state index in [0.717, 1.165) is 0 Å². The molecule has 0 aromatic rings. The number of cyclic esters (lactones) is 1. The van der Waals surface area contributed by atoms with E-state index in [-0.39, 0.29) is 6.42 Å². The number of carbonyl (C=O) groups excluding carboxylic acids is 2. The number of aliphatic hydroxyl groups is 1. The van der Waals surface area contributed by atoms with Crippen LogP contribution < -0.4 is 0 Å². The molecular weight excluding hydrogens is 224 g/mol. The van der Waals surface area contributed by atoms with Crippen LogP contribution in [0.2, 0.25) is 0 Å². The molecule has 1 heterocycles. The smallest absolute Gasteiger partial charge is 0.335 e. The fourth-order valence-electron chi connectivity index (χ4n) is 1.60. The number of hydrogen-bond donors (Lipinski definition) is 1. The summed E-state index contributed by atoms with van der Waals surface area (Å²) in [7, 11) is 0. The van der Waals surface area contributed by atoms with Crippen molar-refractivity contribution in [1.82, 2.24) is 0 Å². The molecule has 1 aliphatic heterocycles. The minimum Gasteiger partial charge on any atom is -0.463 e. The molecule has 0 spiro atoms. The summed E-state index contributed by atoms with van der Waals surface area (Å²) in [5, 5.41) is 9.30. The van der Waals surface area contributed by atoms with Crippen LogP contribution in [-0.2, 0) is 19.1 Å². The van der Waals surface area contributed by atoms with Crippen LogP contribution in [-0.4, -0.2) is 35.9 Å². The van der Waals surface area contributed by atoms with Crippen LogP contribution in [0.15, 0.2) is 12.2 Å². The first-order chi connectivity index (χ1) is 7.86. The summed E-state index contributed by atoms with van der Waals surface area (Å²) < 4.78 is 9.80. The van der Waals surface area contributed by atoms with E-state index in [0.29, 0.717) is 6.61 Å². The highest BCUT2D eigenvalue weighted by atomic mass is 16.6. The third-order valence-electron chi connectivity index (χ3n) is 2.73. The molecule has 0 saturated carbocycles. The zero-order valence-corrected chi connectivity index (χ0v) is 10.3. The maximum Gasteiger partial charge on any atom is 0.335 e. The molecular formula is C12H18O5. The molecule has 0 aliphatic carbocycles. The molecule has 5 heteroatoms. The highest BCUT2D eigenvalue weighted by molar-refractivity contribution is 5.82. The predicted octanol–water partition coefficient (Wildman–Crippen LogP) is 0.808. The Labute approximate surface area is 100 Å². The Balaban J connectivity index is 2.62. The van der Waals surface area contributed by atoms with E-state index >= 15 is 0 Å². The highest BCUT2D eigenvalue weighted by Gasteiger charge is 2.40. The number of carbonyl (C=O) groups is 2. The Morgan fingerprint density at radius 3 is 2.76 bits per heavy atom. The number of esters is 2. The molecule has 0 radical (unpaired) electrons. The van der Waals surface area contributed by atoms with Crippen molar-refractivity contribution < 1.29 is 24.2 Å². The van der Waals surface area contributed by atoms with Gasteiger partial charge in [-0.05, 0) is 6.92 Å². The predicted molar refractivity (Wildman–Crippen MR) is 60.1 cm³/mol. The van der Waals surface area contributed by atoms with Gasteiger partial charge in [-0.15, -0.1) is 0 Å². The lowest BCUT2D eigenvalue weighted by Gasteiger charge is -2.26. The first kappa shape index (κ1) is 13.7. The van der Waals surface area contributed by atoms with Crippen molar-refractivity contribution in [3.05, 3.63) is 12.2 Å². The third-order valence-corrected chi connectivity index (χ3v) is 2.73. The molecule has 0 aromatic heterocycles. The quantitative estimate of drug-likeness (QED) is 0.583. The van der Waals surface area contributed by atoms with Crippen LogP contribution in [0.25, 0.3) is 0 Å². The zero-order valence-electron chi connectivity index (χ0n) is 10.3. The molecule has 1 fully saturated rings. The molecule has 0 bridgehead atoms. The van der Waals surface area contributed by atoms with Crippen LogP contribution in [0.1, 0.15) is 27.2 Å². The number of ether oxygens (including phenoxy) is 2. The molecule has 96 valence electrons. The Morgan fingerprint density at radius 1 is 1.65 bits per heavy atom. The maximum atomic E-state index is 11.2. The zero-order chi connectivity index (χ0) is 13.1. The molecule has 0 amide bonds. The van der Waals surface area contributed by atoms with E-state index in [1.54, 1.807) is 13.0 Å². The molecule has 1 aliphatic rings. The third kappa shape index (κ3) is 3.56. The summed E-state index contributed by atoms with van der Waals surface area (Å²) in [6.45, 7) is 5.71. The Hall–Kier alpha value is -1.36. The van der Waals surface area contributed by atoms with Crippen LogP contribution in [0.5, 0.6) is 0 Å². The maximum absolute atomic E-state index is 11.2. The van der Waals surface area contributed by atoms with Gasteiger partial charge in [-0.3, -0.25) is 0 Å². The van der Waals surface area contributed by atoms with E-state index in [1.165, 1.54) is 6.08 Å². The average Bonchev–Trinajstić information content (AvgIpc) is 2.58. The second kappa shape index (κ2) is 5.31. The highest BCUT2D eigenvalue weighted by Crippen LogP contribution is 2.32. The monoisotopic (exact) mass is 242 g/mol. The minimum atomic E-state index is -1.06. The molecule has 2 atom stereocenters. The van der Waals surface area contributed by atoms with E-state index < -0.39 is 29.6 Å². The van der Waals surface area contributed by atoms with Gasteiger partial charge in [0.05, 0.1) is 6.61 Å². The van der Waals surface area contributed by atoms with E-state index in [9.17, 15) is 14.7 Å². The summed E-state index contributed by atoms with van der Waals surface area (Å²) >= 11 is 0. The first-order valence-corrected chi connectivity index (χ1v) is 5.61. The van der Waals surface area contributed by atoms with E-state index in [4.69, 9.17) is 9.47 Å². The topological polar surface area (TPSA) is 72.8 Å². The van der Waals surface area contributed by atoms with Gasteiger partial charge in [0.15, 0.2) is 6.10 Å². The Bertz CT molecular complexity index is 332. The average molecular weight is 242 g/mol. The molecule has 1 rings (SSSR count). The van der Waals surface area contributed by atoms with Gasteiger partial charge in [-0.1, -0.05) is 19.9 Å². The summed E-state index contributed by atoms with van der Waals surface area (Å²) in [5.74, 6) is -1.03. The number of aliphatic hydroxyl groups excluding tert-OH is 1. The van der Waals surface area contributed by atoms with Gasteiger partial charge in [0, 0.05) is 17.9 Å². The molecule has 1 unspecified atom stereocenters. The van der Waals surface area contributed by atoms with Crippen molar-refractivity contribution in [2.24, 2.45) is 5.41 Å². The summed E-state index contributed by atoms with van der Waals surface area (Å²) in [5.41, 5.74) is -0.514. The lowest BCUT2D eigenvalue weighted by Crippen LogP contribution is -2.27. The number of rotatable bonds is 4. The van der Waals surface area contributed by atoms with Crippen molar-refractivity contribution in [3.63, 3.8) is 0 Å². The standard InChI is InChI=1S/C12H18O5/c1-4-16-10(14)5-6-12(2,3)9-7-8(13)11(15)17-9/h5-6,8-9,13H,4,7H2,1-3H3/b6-5+/t8-,9?/m0/s1. The Morgan fingerprint density at radius 2 is 2.29 bits per heavy atom. The second-order valence-corrected chi connectivity index (χ2v) is 4.58. The van der Waals surface area contributed by atoms with Crippen LogP contribution in [0.4, 0.5) is 0 Å². The van der Waals surface area contributed by atoms with Crippen molar-refractivity contribution in [2.75, 3.05) is 6.61 Å². The fourth-order valence-corrected chi connectivity index (χ4v) is 1.60. The normalized spacial score (nSPS) is 25.1. The van der Waals surface area contributed by atoms with Gasteiger partial charge in [0.2, 0.25) is 0 Å². The second-order valence-electron chi connectivity index (χ2n) is 4.58. The van der Waals surface area contributed by atoms with E-state index in [1.807, 2.05) is 13.8 Å². The van der Waals surface area contributed by atoms with Gasteiger partial charge in [-0.2, -0.15) is 0 Å². The molecule has 17 heavy (non-hydrogen) atoms. The van der Waals surface area contributed by atoms with Crippen molar-refractivity contribution >= 4 is 11.9 Å².